The number of hydrogen-bond acceptors (Lipinski definition) is 0. The Morgan fingerprint density at radius 2 is 0.717 bits per heavy atom. The third-order valence-electron chi connectivity index (χ3n) is 9.66. The number of fused-ring (bicyclic) bond motifs is 8. The van der Waals surface area contributed by atoms with Crippen molar-refractivity contribution >= 4 is 65.2 Å². The van der Waals surface area contributed by atoms with E-state index in [1.165, 1.54) is 87.7 Å². The van der Waals surface area contributed by atoms with Crippen LogP contribution in [-0.2, 0) is 0 Å². The summed E-state index contributed by atoms with van der Waals surface area (Å²) < 4.78 is 4.86. The van der Waals surface area contributed by atoms with Crippen molar-refractivity contribution in [1.29, 1.82) is 0 Å². The number of benzene rings is 8. The molecule has 10 aromatic rings. The van der Waals surface area contributed by atoms with Crippen LogP contribution in [0.25, 0.3) is 87.7 Å². The fraction of sp³-hybridized carbons (Fsp3) is 0. The molecule has 0 aliphatic heterocycles. The molecular formula is C44H28N2. The molecule has 46 heavy (non-hydrogen) atoms. The monoisotopic (exact) mass is 584 g/mol. The molecule has 0 radical (unpaired) electrons. The lowest BCUT2D eigenvalue weighted by Crippen LogP contribution is -1.97. The summed E-state index contributed by atoms with van der Waals surface area (Å²) in [5.41, 5.74) is 9.73. The first-order chi connectivity index (χ1) is 22.8. The van der Waals surface area contributed by atoms with Crippen LogP contribution in [0.15, 0.2) is 170 Å². The van der Waals surface area contributed by atoms with Crippen LogP contribution in [-0.4, -0.2) is 9.13 Å². The average Bonchev–Trinajstić information content (AvgIpc) is 3.63. The number of nitrogens with zero attached hydrogens (tertiary/aromatic N) is 2. The second kappa shape index (κ2) is 9.69. The van der Waals surface area contributed by atoms with Gasteiger partial charge in [0.1, 0.15) is 0 Å². The van der Waals surface area contributed by atoms with Crippen molar-refractivity contribution in [3.63, 3.8) is 0 Å². The largest absolute Gasteiger partial charge is 0.309 e. The van der Waals surface area contributed by atoms with E-state index in [-0.39, 0.29) is 0 Å². The Hall–Kier alpha value is -6.12. The molecular weight excluding hydrogens is 556 g/mol. The van der Waals surface area contributed by atoms with Gasteiger partial charge in [-0.05, 0) is 76.5 Å². The lowest BCUT2D eigenvalue weighted by Gasteiger charge is -2.15. The molecule has 0 unspecified atom stereocenters. The van der Waals surface area contributed by atoms with Gasteiger partial charge in [-0.15, -0.1) is 0 Å². The van der Waals surface area contributed by atoms with Crippen molar-refractivity contribution in [2.24, 2.45) is 0 Å². The molecule has 0 bridgehead atoms. The van der Waals surface area contributed by atoms with Gasteiger partial charge < -0.3 is 9.13 Å². The van der Waals surface area contributed by atoms with Gasteiger partial charge in [-0.2, -0.15) is 0 Å². The topological polar surface area (TPSA) is 9.86 Å². The van der Waals surface area contributed by atoms with Crippen molar-refractivity contribution in [2.45, 2.75) is 0 Å². The summed E-state index contributed by atoms with van der Waals surface area (Å²) in [6, 6.07) is 62.0. The summed E-state index contributed by atoms with van der Waals surface area (Å²) in [5, 5.41) is 10.1. The minimum absolute atomic E-state index is 1.18. The molecule has 2 heterocycles. The first-order valence-electron chi connectivity index (χ1n) is 15.9. The van der Waals surface area contributed by atoms with Crippen molar-refractivity contribution in [3.8, 4) is 22.5 Å². The molecule has 2 aromatic heterocycles. The third-order valence-corrected chi connectivity index (χ3v) is 9.66. The maximum absolute atomic E-state index is 2.48. The van der Waals surface area contributed by atoms with Crippen LogP contribution in [0.3, 0.4) is 0 Å². The summed E-state index contributed by atoms with van der Waals surface area (Å²) in [6.07, 6.45) is 0. The predicted molar refractivity (Wildman–Crippen MR) is 196 cm³/mol. The quantitative estimate of drug-likeness (QED) is 0.183. The molecule has 8 aromatic carbocycles. The first-order valence-corrected chi connectivity index (χ1v) is 15.9. The molecule has 0 spiro atoms. The number of rotatable bonds is 3. The van der Waals surface area contributed by atoms with E-state index < -0.39 is 0 Å². The smallest absolute Gasteiger partial charge is 0.0618 e. The SMILES string of the molecule is c1ccc(-n2c3ccccc3c3cc(-c4ccc5c(c4)c4ccccc4n5-c4c5ccccc5cc5ccccc45)ccc32)cc1. The van der Waals surface area contributed by atoms with Crippen molar-refractivity contribution < 1.29 is 0 Å². The molecule has 0 N–H and O–H groups in total. The third kappa shape index (κ3) is 3.59. The number of hydrogen-bond donors (Lipinski definition) is 0. The first kappa shape index (κ1) is 25.2. The summed E-state index contributed by atoms with van der Waals surface area (Å²) in [5.74, 6) is 0. The van der Waals surface area contributed by atoms with E-state index in [9.17, 15) is 0 Å². The standard InChI is InChI=1S/C44H28N2/c1-2-14-33(15-3-1)45-40-20-10-8-18-36(40)38-27-29(22-24-42(38)45)30-23-25-43-39(28-30)37-19-9-11-21-41(37)46(43)44-34-16-6-4-12-31(34)26-32-13-5-7-17-35(32)44/h1-28H. The fourth-order valence-corrected chi connectivity index (χ4v) is 7.63. The summed E-state index contributed by atoms with van der Waals surface area (Å²) >= 11 is 0. The summed E-state index contributed by atoms with van der Waals surface area (Å²) in [7, 11) is 0. The zero-order valence-corrected chi connectivity index (χ0v) is 25.1. The molecule has 0 aliphatic carbocycles. The van der Waals surface area contributed by atoms with E-state index in [0.717, 1.165) is 0 Å². The van der Waals surface area contributed by atoms with Gasteiger partial charge in [0.15, 0.2) is 0 Å². The van der Waals surface area contributed by atoms with Crippen molar-refractivity contribution in [3.05, 3.63) is 170 Å². The molecule has 0 atom stereocenters. The lowest BCUT2D eigenvalue weighted by molar-refractivity contribution is 1.18. The molecule has 0 saturated heterocycles. The van der Waals surface area contributed by atoms with E-state index >= 15 is 0 Å². The van der Waals surface area contributed by atoms with Crippen molar-refractivity contribution in [2.75, 3.05) is 0 Å². The molecule has 0 aliphatic rings. The highest BCUT2D eigenvalue weighted by molar-refractivity contribution is 6.16. The average molecular weight is 585 g/mol. The number of para-hydroxylation sites is 3. The Morgan fingerprint density at radius 3 is 1.30 bits per heavy atom. The summed E-state index contributed by atoms with van der Waals surface area (Å²) in [6.45, 7) is 0. The maximum atomic E-state index is 2.48. The van der Waals surface area contributed by atoms with E-state index in [4.69, 9.17) is 0 Å². The van der Waals surface area contributed by atoms with Crippen LogP contribution >= 0.6 is 0 Å². The van der Waals surface area contributed by atoms with Crippen LogP contribution in [0.2, 0.25) is 0 Å². The minimum atomic E-state index is 1.18. The predicted octanol–water partition coefficient (Wildman–Crippen LogP) is 11.9. The van der Waals surface area contributed by atoms with Gasteiger partial charge in [-0.1, -0.05) is 115 Å². The van der Waals surface area contributed by atoms with E-state index in [0.29, 0.717) is 0 Å². The van der Waals surface area contributed by atoms with Crippen LogP contribution in [0.1, 0.15) is 0 Å². The molecule has 10 rings (SSSR count). The van der Waals surface area contributed by atoms with Crippen molar-refractivity contribution in [1.82, 2.24) is 9.13 Å². The second-order valence-corrected chi connectivity index (χ2v) is 12.2. The van der Waals surface area contributed by atoms with Crippen LogP contribution in [0, 0.1) is 0 Å². The Balaban J connectivity index is 1.23. The molecule has 2 heteroatoms. The molecule has 0 saturated carbocycles. The maximum Gasteiger partial charge on any atom is 0.0618 e. The normalized spacial score (nSPS) is 11.9. The van der Waals surface area contributed by atoms with Crippen LogP contribution in [0.5, 0.6) is 0 Å². The van der Waals surface area contributed by atoms with Crippen LogP contribution < -0.4 is 0 Å². The van der Waals surface area contributed by atoms with E-state index in [1.807, 2.05) is 0 Å². The highest BCUT2D eigenvalue weighted by Crippen LogP contribution is 2.41. The molecule has 2 nitrogen and oxygen atoms in total. The molecule has 0 amide bonds. The minimum Gasteiger partial charge on any atom is -0.309 e. The van der Waals surface area contributed by atoms with Crippen LogP contribution in [0.4, 0.5) is 0 Å². The van der Waals surface area contributed by atoms with Gasteiger partial charge >= 0.3 is 0 Å². The zero-order chi connectivity index (χ0) is 30.2. The second-order valence-electron chi connectivity index (χ2n) is 12.2. The summed E-state index contributed by atoms with van der Waals surface area (Å²) in [4.78, 5) is 0. The highest BCUT2D eigenvalue weighted by Gasteiger charge is 2.18. The molecule has 214 valence electrons. The highest BCUT2D eigenvalue weighted by atomic mass is 15.0. The van der Waals surface area contributed by atoms with Gasteiger partial charge in [-0.25, -0.2) is 0 Å². The Bertz CT molecular complexity index is 2740. The fourth-order valence-electron chi connectivity index (χ4n) is 7.63. The lowest BCUT2D eigenvalue weighted by atomic mass is 10.00. The van der Waals surface area contributed by atoms with Gasteiger partial charge in [0.2, 0.25) is 0 Å². The zero-order valence-electron chi connectivity index (χ0n) is 25.1. The van der Waals surface area contributed by atoms with Gasteiger partial charge in [0.05, 0.1) is 27.8 Å². The Labute approximate surface area is 266 Å². The number of aromatic nitrogens is 2. The van der Waals surface area contributed by atoms with E-state index in [2.05, 4.69) is 179 Å². The van der Waals surface area contributed by atoms with E-state index in [1.54, 1.807) is 0 Å². The molecule has 0 fully saturated rings. The van der Waals surface area contributed by atoms with Gasteiger partial charge in [-0.3, -0.25) is 0 Å². The van der Waals surface area contributed by atoms with Gasteiger partial charge in [0, 0.05) is 38.0 Å². The van der Waals surface area contributed by atoms with Gasteiger partial charge in [0.25, 0.3) is 0 Å². The Kier molecular flexibility index (Phi) is 5.31. The Morgan fingerprint density at radius 1 is 0.283 bits per heavy atom.